The molecule has 0 bridgehead atoms. The molecule has 0 aliphatic heterocycles. The highest BCUT2D eigenvalue weighted by Crippen LogP contribution is 2.63. The molecule has 1 aromatic rings. The van der Waals surface area contributed by atoms with E-state index >= 15 is 0 Å². The van der Waals surface area contributed by atoms with Gasteiger partial charge in [0.2, 0.25) is 4.55 Å². The first-order chi connectivity index (χ1) is 6.92. The number of hydrogen-bond donors (Lipinski definition) is 0. The maximum atomic E-state index is 11.4. The van der Waals surface area contributed by atoms with Gasteiger partial charge in [0.25, 0.3) is 0 Å². The van der Waals surface area contributed by atoms with E-state index in [1.165, 1.54) is 7.11 Å². The van der Waals surface area contributed by atoms with E-state index in [-0.39, 0.29) is 5.97 Å². The molecular weight excluding hydrogens is 347 g/mol. The van der Waals surface area contributed by atoms with Crippen molar-refractivity contribution in [3.05, 3.63) is 35.4 Å². The minimum atomic E-state index is -2.42. The molecule has 0 atom stereocenters. The van der Waals surface area contributed by atoms with Gasteiger partial charge in [-0.25, -0.2) is 4.79 Å². The third kappa shape index (κ3) is 4.49. The highest BCUT2D eigenvalue weighted by molar-refractivity contribution is 9.70. The Bertz CT molecular complexity index is 396. The maximum Gasteiger partial charge on any atom is 0.337 e. The van der Waals surface area contributed by atoms with E-state index in [9.17, 15) is 9.36 Å². The highest BCUT2D eigenvalue weighted by atomic mass is 79.9. The molecule has 0 saturated heterocycles. The van der Waals surface area contributed by atoms with E-state index in [1.807, 2.05) is 0 Å². The molecule has 0 saturated carbocycles. The van der Waals surface area contributed by atoms with Crippen molar-refractivity contribution < 1.29 is 14.1 Å². The van der Waals surface area contributed by atoms with Crippen molar-refractivity contribution in [2.45, 2.75) is 6.16 Å². The third-order valence-corrected chi connectivity index (χ3v) is 3.98. The van der Waals surface area contributed by atoms with E-state index in [1.54, 1.807) is 24.3 Å². The first-order valence-electron chi connectivity index (χ1n) is 4.08. The summed E-state index contributed by atoms with van der Waals surface area (Å²) in [7, 11) is 1.33. The summed E-state index contributed by atoms with van der Waals surface area (Å²) in [5, 5.41) is 0. The monoisotopic (exact) mass is 354 g/mol. The predicted molar refractivity (Wildman–Crippen MR) is 66.9 cm³/mol. The van der Waals surface area contributed by atoms with Crippen LogP contribution in [-0.4, -0.2) is 13.1 Å². The van der Waals surface area contributed by atoms with Gasteiger partial charge in [0.05, 0.1) is 12.7 Å². The Morgan fingerprint density at radius 1 is 1.33 bits per heavy atom. The van der Waals surface area contributed by atoms with Crippen LogP contribution in [0.25, 0.3) is 0 Å². The Balaban J connectivity index is 2.81. The average molecular weight is 356 g/mol. The second-order valence-electron chi connectivity index (χ2n) is 2.92. The first kappa shape index (κ1) is 12.9. The molecule has 0 heterocycles. The molecule has 82 valence electrons. The Kier molecular flexibility index (Phi) is 4.56. The van der Waals surface area contributed by atoms with Crippen molar-refractivity contribution in [2.75, 3.05) is 7.11 Å². The van der Waals surface area contributed by atoms with Gasteiger partial charge in [0.1, 0.15) is 0 Å². The highest BCUT2D eigenvalue weighted by Gasteiger charge is 2.13. The second-order valence-corrected chi connectivity index (χ2v) is 14.1. The van der Waals surface area contributed by atoms with Crippen molar-refractivity contribution in [3.8, 4) is 0 Å². The van der Waals surface area contributed by atoms with Crippen LogP contribution in [0.15, 0.2) is 24.3 Å². The van der Waals surface area contributed by atoms with E-state index in [0.717, 1.165) is 5.56 Å². The lowest BCUT2D eigenvalue weighted by molar-refractivity contribution is 0.0600. The van der Waals surface area contributed by atoms with Crippen LogP contribution >= 0.6 is 35.5 Å². The van der Waals surface area contributed by atoms with E-state index in [4.69, 9.17) is 0 Å². The first-order valence-corrected chi connectivity index (χ1v) is 10.0. The summed E-state index contributed by atoms with van der Waals surface area (Å²) in [6, 6.07) is 6.80. The summed E-state index contributed by atoms with van der Waals surface area (Å²) in [5.74, 6) is -0.373. The maximum absolute atomic E-state index is 11.4. The van der Waals surface area contributed by atoms with Crippen LogP contribution in [-0.2, 0) is 15.5 Å². The molecular formula is C9H9Br2O3P. The molecule has 6 heteroatoms. The molecule has 0 aromatic heterocycles. The lowest BCUT2D eigenvalue weighted by Crippen LogP contribution is -2.00. The van der Waals surface area contributed by atoms with Crippen molar-refractivity contribution in [2.24, 2.45) is 0 Å². The fourth-order valence-electron chi connectivity index (χ4n) is 1.08. The molecule has 0 aliphatic rings. The van der Waals surface area contributed by atoms with E-state index in [2.05, 4.69) is 35.7 Å². The Morgan fingerprint density at radius 2 is 1.87 bits per heavy atom. The number of ether oxygens (including phenoxy) is 1. The van der Waals surface area contributed by atoms with Gasteiger partial charge in [-0.1, -0.05) is 12.1 Å². The van der Waals surface area contributed by atoms with Gasteiger partial charge >= 0.3 is 5.97 Å². The number of hydrogen-bond acceptors (Lipinski definition) is 3. The van der Waals surface area contributed by atoms with Gasteiger partial charge in [-0.2, -0.15) is 0 Å². The Hall–Kier alpha value is -0.120. The SMILES string of the molecule is COC(=O)c1ccc(CP(=O)(Br)Br)cc1. The Labute approximate surface area is 104 Å². The van der Waals surface area contributed by atoms with Crippen LogP contribution in [0.5, 0.6) is 0 Å². The number of methoxy groups -OCH3 is 1. The molecule has 1 rings (SSSR count). The molecule has 0 unspecified atom stereocenters. The van der Waals surface area contributed by atoms with Gasteiger partial charge in [0, 0.05) is 6.16 Å². The minimum Gasteiger partial charge on any atom is -0.465 e. The van der Waals surface area contributed by atoms with Crippen LogP contribution in [0.2, 0.25) is 0 Å². The number of carbonyl (C=O) groups excluding carboxylic acids is 1. The molecule has 0 fully saturated rings. The third-order valence-electron chi connectivity index (χ3n) is 1.74. The van der Waals surface area contributed by atoms with Crippen LogP contribution in [0, 0.1) is 0 Å². The van der Waals surface area contributed by atoms with Crippen LogP contribution < -0.4 is 0 Å². The fraction of sp³-hybridized carbons (Fsp3) is 0.222. The summed E-state index contributed by atoms with van der Waals surface area (Å²) in [6.07, 6.45) is 0.397. The van der Waals surface area contributed by atoms with Crippen molar-refractivity contribution in [1.29, 1.82) is 0 Å². The van der Waals surface area contributed by atoms with Crippen molar-refractivity contribution in [1.82, 2.24) is 0 Å². The summed E-state index contributed by atoms with van der Waals surface area (Å²) >= 11 is 6.11. The quantitative estimate of drug-likeness (QED) is 0.609. The molecule has 0 amide bonds. The van der Waals surface area contributed by atoms with E-state index in [0.29, 0.717) is 11.7 Å². The number of benzene rings is 1. The largest absolute Gasteiger partial charge is 0.465 e. The fourth-order valence-corrected chi connectivity index (χ4v) is 3.45. The summed E-state index contributed by atoms with van der Waals surface area (Å²) in [5.41, 5.74) is 1.37. The minimum absolute atomic E-state index is 0.373. The smallest absolute Gasteiger partial charge is 0.337 e. The van der Waals surface area contributed by atoms with Gasteiger partial charge < -0.3 is 4.74 Å². The number of halogens is 2. The zero-order chi connectivity index (χ0) is 11.5. The lowest BCUT2D eigenvalue weighted by atomic mass is 10.1. The summed E-state index contributed by atoms with van der Waals surface area (Å²) < 4.78 is 13.5. The molecule has 15 heavy (non-hydrogen) atoms. The summed E-state index contributed by atoms with van der Waals surface area (Å²) in [4.78, 5) is 11.1. The van der Waals surface area contributed by atoms with Crippen molar-refractivity contribution >= 4 is 41.5 Å². The van der Waals surface area contributed by atoms with Gasteiger partial charge in [0.15, 0.2) is 0 Å². The molecule has 0 radical (unpaired) electrons. The van der Waals surface area contributed by atoms with Gasteiger partial charge in [-0.05, 0) is 48.7 Å². The molecule has 1 aromatic carbocycles. The standard InChI is InChI=1S/C9H9Br2O3P/c1-14-9(12)8-4-2-7(3-5-8)6-15(10,11)13/h2-5H,6H2,1H3. The Morgan fingerprint density at radius 3 is 2.27 bits per heavy atom. The van der Waals surface area contributed by atoms with Gasteiger partial charge in [-0.3, -0.25) is 4.57 Å². The topological polar surface area (TPSA) is 43.4 Å². The van der Waals surface area contributed by atoms with E-state index < -0.39 is 4.55 Å². The number of carbonyl (C=O) groups is 1. The number of rotatable bonds is 3. The number of esters is 1. The molecule has 0 aliphatic carbocycles. The normalized spacial score (nSPS) is 11.1. The summed E-state index contributed by atoms with van der Waals surface area (Å²) in [6.45, 7) is 0. The van der Waals surface area contributed by atoms with Crippen LogP contribution in [0.4, 0.5) is 0 Å². The van der Waals surface area contributed by atoms with Crippen LogP contribution in [0.3, 0.4) is 0 Å². The zero-order valence-electron chi connectivity index (χ0n) is 7.94. The lowest BCUT2D eigenvalue weighted by Gasteiger charge is -2.04. The molecule has 0 N–H and O–H groups in total. The second kappa shape index (κ2) is 5.28. The van der Waals surface area contributed by atoms with Crippen molar-refractivity contribution in [3.63, 3.8) is 0 Å². The predicted octanol–water partition coefficient (Wildman–Crippen LogP) is 3.96. The average Bonchev–Trinajstić information content (AvgIpc) is 2.15. The molecule has 3 nitrogen and oxygen atoms in total. The van der Waals surface area contributed by atoms with Gasteiger partial charge in [-0.15, -0.1) is 0 Å². The van der Waals surface area contributed by atoms with Crippen LogP contribution in [0.1, 0.15) is 15.9 Å². The zero-order valence-corrected chi connectivity index (χ0v) is 12.0. The molecule has 0 spiro atoms.